The second-order valence-electron chi connectivity index (χ2n) is 8.41. The summed E-state index contributed by atoms with van der Waals surface area (Å²) < 4.78 is 0. The summed E-state index contributed by atoms with van der Waals surface area (Å²) in [5.41, 5.74) is 3.07. The van der Waals surface area contributed by atoms with E-state index in [9.17, 15) is 19.5 Å². The standard InChI is InChI=1S/C26H26N4O4/c1-17-15-27-23(28-16-17)19-11-9-18(10-12-19)14-21(29-24(31)20-6-3-2-4-7-20)25(32)30-13-5-8-22(30)26(33)34/h2-4,6-7,9-12,15-16,21-22H,5,8,13-14H2,1H3,(H,29,31)(H,33,34). The van der Waals surface area contributed by atoms with Crippen LogP contribution in [0, 0.1) is 6.92 Å². The topological polar surface area (TPSA) is 112 Å². The van der Waals surface area contributed by atoms with Crippen LogP contribution in [0.15, 0.2) is 67.0 Å². The zero-order chi connectivity index (χ0) is 24.1. The van der Waals surface area contributed by atoms with E-state index in [1.807, 2.05) is 31.2 Å². The third-order valence-corrected chi connectivity index (χ3v) is 5.89. The van der Waals surface area contributed by atoms with Crippen molar-refractivity contribution in [2.45, 2.75) is 38.3 Å². The van der Waals surface area contributed by atoms with Crippen LogP contribution in [0.5, 0.6) is 0 Å². The molecule has 2 heterocycles. The molecule has 8 nitrogen and oxygen atoms in total. The maximum Gasteiger partial charge on any atom is 0.326 e. The molecule has 2 aromatic carbocycles. The number of aromatic nitrogens is 2. The highest BCUT2D eigenvalue weighted by molar-refractivity contribution is 5.98. The fraction of sp³-hybridized carbons (Fsp3) is 0.269. The molecule has 3 aromatic rings. The number of rotatable bonds is 7. The molecule has 2 amide bonds. The fourth-order valence-electron chi connectivity index (χ4n) is 4.09. The van der Waals surface area contributed by atoms with Crippen molar-refractivity contribution in [3.05, 3.63) is 83.7 Å². The van der Waals surface area contributed by atoms with Crippen LogP contribution in [0.3, 0.4) is 0 Å². The molecule has 1 fully saturated rings. The second-order valence-corrected chi connectivity index (χ2v) is 8.41. The molecule has 0 aliphatic carbocycles. The van der Waals surface area contributed by atoms with Crippen molar-refractivity contribution in [2.75, 3.05) is 6.54 Å². The van der Waals surface area contributed by atoms with Crippen molar-refractivity contribution in [2.24, 2.45) is 0 Å². The molecule has 0 radical (unpaired) electrons. The Morgan fingerprint density at radius 3 is 2.38 bits per heavy atom. The monoisotopic (exact) mass is 458 g/mol. The molecule has 2 unspecified atom stereocenters. The molecular weight excluding hydrogens is 432 g/mol. The smallest absolute Gasteiger partial charge is 0.326 e. The summed E-state index contributed by atoms with van der Waals surface area (Å²) >= 11 is 0. The summed E-state index contributed by atoms with van der Waals surface area (Å²) in [7, 11) is 0. The van der Waals surface area contributed by atoms with Crippen molar-refractivity contribution in [1.82, 2.24) is 20.2 Å². The number of hydrogen-bond donors (Lipinski definition) is 2. The van der Waals surface area contributed by atoms with Crippen LogP contribution in [-0.4, -0.2) is 56.4 Å². The maximum atomic E-state index is 13.4. The Balaban J connectivity index is 1.56. The number of carbonyl (C=O) groups excluding carboxylic acids is 2. The fourth-order valence-corrected chi connectivity index (χ4v) is 4.09. The average molecular weight is 459 g/mol. The van der Waals surface area contributed by atoms with Crippen molar-refractivity contribution in [3.8, 4) is 11.4 Å². The van der Waals surface area contributed by atoms with Gasteiger partial charge in [-0.25, -0.2) is 14.8 Å². The van der Waals surface area contributed by atoms with Crippen LogP contribution in [0.1, 0.15) is 34.3 Å². The first-order valence-corrected chi connectivity index (χ1v) is 11.2. The number of nitrogens with one attached hydrogen (secondary N) is 1. The first kappa shape index (κ1) is 23.1. The summed E-state index contributed by atoms with van der Waals surface area (Å²) in [5, 5.41) is 12.3. The largest absolute Gasteiger partial charge is 0.480 e. The minimum Gasteiger partial charge on any atom is -0.480 e. The molecule has 174 valence electrons. The lowest BCUT2D eigenvalue weighted by Gasteiger charge is -2.27. The lowest BCUT2D eigenvalue weighted by Crippen LogP contribution is -2.52. The highest BCUT2D eigenvalue weighted by atomic mass is 16.4. The molecule has 2 N–H and O–H groups in total. The Morgan fingerprint density at radius 2 is 1.74 bits per heavy atom. The van der Waals surface area contributed by atoms with Crippen LogP contribution in [0.4, 0.5) is 0 Å². The first-order valence-electron chi connectivity index (χ1n) is 11.2. The van der Waals surface area contributed by atoms with E-state index < -0.39 is 18.1 Å². The predicted octanol–water partition coefficient (Wildman–Crippen LogP) is 2.87. The van der Waals surface area contributed by atoms with Gasteiger partial charge in [-0.15, -0.1) is 0 Å². The first-order chi connectivity index (χ1) is 16.4. The third kappa shape index (κ3) is 5.28. The zero-order valence-corrected chi connectivity index (χ0v) is 18.8. The molecule has 1 saturated heterocycles. The highest BCUT2D eigenvalue weighted by Crippen LogP contribution is 2.21. The Hall–Kier alpha value is -4.07. The summed E-state index contributed by atoms with van der Waals surface area (Å²) in [5.74, 6) is -1.19. The van der Waals surface area contributed by atoms with Crippen LogP contribution >= 0.6 is 0 Å². The predicted molar refractivity (Wildman–Crippen MR) is 126 cm³/mol. The molecule has 34 heavy (non-hydrogen) atoms. The average Bonchev–Trinajstić information content (AvgIpc) is 3.35. The zero-order valence-electron chi connectivity index (χ0n) is 18.8. The van der Waals surface area contributed by atoms with E-state index in [-0.39, 0.29) is 18.2 Å². The summed E-state index contributed by atoms with van der Waals surface area (Å²) in [6.45, 7) is 2.28. The van der Waals surface area contributed by atoms with E-state index in [0.717, 1.165) is 16.7 Å². The van der Waals surface area contributed by atoms with E-state index in [1.165, 1.54) is 4.90 Å². The Bertz CT molecular complexity index is 1160. The van der Waals surface area contributed by atoms with Crippen LogP contribution < -0.4 is 5.32 Å². The van der Waals surface area contributed by atoms with Gasteiger partial charge < -0.3 is 15.3 Å². The SMILES string of the molecule is Cc1cnc(-c2ccc(CC(NC(=O)c3ccccc3)C(=O)N3CCCC3C(=O)O)cc2)nc1. The molecule has 1 aliphatic rings. The van der Waals surface area contributed by atoms with E-state index in [4.69, 9.17) is 0 Å². The normalized spacial score (nSPS) is 16.1. The lowest BCUT2D eigenvalue weighted by molar-refractivity contribution is -0.148. The summed E-state index contributed by atoms with van der Waals surface area (Å²) in [6, 6.07) is 14.4. The summed E-state index contributed by atoms with van der Waals surface area (Å²) in [6.07, 6.45) is 4.76. The third-order valence-electron chi connectivity index (χ3n) is 5.89. The number of aryl methyl sites for hydroxylation is 1. The quantitative estimate of drug-likeness (QED) is 0.563. The van der Waals surface area contributed by atoms with E-state index in [0.29, 0.717) is 30.8 Å². The van der Waals surface area contributed by atoms with Gasteiger partial charge in [-0.05, 0) is 43.0 Å². The van der Waals surface area contributed by atoms with Gasteiger partial charge in [0.1, 0.15) is 12.1 Å². The number of hydrogen-bond acceptors (Lipinski definition) is 5. The molecule has 0 saturated carbocycles. The van der Waals surface area contributed by atoms with Crippen molar-refractivity contribution < 1.29 is 19.5 Å². The van der Waals surface area contributed by atoms with Gasteiger partial charge in [0.25, 0.3) is 5.91 Å². The summed E-state index contributed by atoms with van der Waals surface area (Å²) in [4.78, 5) is 47.9. The van der Waals surface area contributed by atoms with Crippen LogP contribution in [-0.2, 0) is 16.0 Å². The van der Waals surface area contributed by atoms with Crippen molar-refractivity contribution in [1.29, 1.82) is 0 Å². The molecule has 0 spiro atoms. The number of likely N-dealkylation sites (tertiary alicyclic amines) is 1. The number of carboxylic acid groups (broad SMARTS) is 1. The van der Waals surface area contributed by atoms with Crippen molar-refractivity contribution >= 4 is 17.8 Å². The minimum atomic E-state index is -1.03. The number of carboxylic acids is 1. The van der Waals surface area contributed by atoms with Gasteiger partial charge >= 0.3 is 5.97 Å². The van der Waals surface area contributed by atoms with Crippen molar-refractivity contribution in [3.63, 3.8) is 0 Å². The van der Waals surface area contributed by atoms with Gasteiger partial charge in [-0.1, -0.05) is 42.5 Å². The van der Waals surface area contributed by atoms with Gasteiger partial charge in [-0.2, -0.15) is 0 Å². The number of carbonyl (C=O) groups is 3. The molecule has 0 bridgehead atoms. The number of amides is 2. The van der Waals surface area contributed by atoms with E-state index >= 15 is 0 Å². The van der Waals surface area contributed by atoms with Gasteiger partial charge in [0.15, 0.2) is 5.82 Å². The maximum absolute atomic E-state index is 13.4. The van der Waals surface area contributed by atoms with E-state index in [1.54, 1.807) is 42.7 Å². The lowest BCUT2D eigenvalue weighted by atomic mass is 10.0. The minimum absolute atomic E-state index is 0.231. The molecule has 1 aromatic heterocycles. The van der Waals surface area contributed by atoms with Crippen LogP contribution in [0.2, 0.25) is 0 Å². The van der Waals surface area contributed by atoms with Gasteiger partial charge in [0.05, 0.1) is 0 Å². The number of aliphatic carboxylic acids is 1. The van der Waals surface area contributed by atoms with Gasteiger partial charge in [0.2, 0.25) is 5.91 Å². The molecule has 8 heteroatoms. The molecule has 2 atom stereocenters. The Kier molecular flexibility index (Phi) is 6.96. The molecular formula is C26H26N4O4. The molecule has 1 aliphatic heterocycles. The van der Waals surface area contributed by atoms with Gasteiger partial charge in [-0.3, -0.25) is 9.59 Å². The Labute approximate surface area is 197 Å². The molecule has 4 rings (SSSR count). The number of benzene rings is 2. The van der Waals surface area contributed by atoms with E-state index in [2.05, 4.69) is 15.3 Å². The number of nitrogens with zero attached hydrogens (tertiary/aromatic N) is 3. The Morgan fingerprint density at radius 1 is 1.06 bits per heavy atom. The van der Waals surface area contributed by atoms with Crippen LogP contribution in [0.25, 0.3) is 11.4 Å². The van der Waals surface area contributed by atoms with Gasteiger partial charge in [0, 0.05) is 36.5 Å². The second kappa shape index (κ2) is 10.2. The highest BCUT2D eigenvalue weighted by Gasteiger charge is 2.37.